The van der Waals surface area contributed by atoms with E-state index in [4.69, 9.17) is 0 Å². The summed E-state index contributed by atoms with van der Waals surface area (Å²) in [5.74, 6) is 0.726. The minimum Gasteiger partial charge on any atom is -0.316 e. The third-order valence-corrected chi connectivity index (χ3v) is 3.53. The molecule has 0 radical (unpaired) electrons. The minimum absolute atomic E-state index is 0.494. The van der Waals surface area contributed by atoms with Gasteiger partial charge in [-0.05, 0) is 51.8 Å². The van der Waals surface area contributed by atoms with Crippen LogP contribution in [0, 0.1) is 5.92 Å². The van der Waals surface area contributed by atoms with Gasteiger partial charge in [0.2, 0.25) is 0 Å². The molecule has 114 valence electrons. The molecule has 1 aromatic heterocycles. The first-order valence-corrected chi connectivity index (χ1v) is 7.93. The molecule has 1 rings (SSSR count). The van der Waals surface area contributed by atoms with Crippen LogP contribution in [0.2, 0.25) is 0 Å². The molecule has 0 fully saturated rings. The summed E-state index contributed by atoms with van der Waals surface area (Å²) in [6.07, 6.45) is 7.62. The lowest BCUT2D eigenvalue weighted by Gasteiger charge is -2.08. The van der Waals surface area contributed by atoms with Gasteiger partial charge in [-0.3, -0.25) is 4.68 Å². The lowest BCUT2D eigenvalue weighted by molar-refractivity contribution is 0.474. The molecule has 0 bridgehead atoms. The predicted molar refractivity (Wildman–Crippen MR) is 87.0 cm³/mol. The Morgan fingerprint density at radius 3 is 2.80 bits per heavy atom. The summed E-state index contributed by atoms with van der Waals surface area (Å²) in [7, 11) is 0. The first-order chi connectivity index (χ1) is 9.52. The fourth-order valence-electron chi connectivity index (χ4n) is 2.07. The van der Waals surface area contributed by atoms with Crippen molar-refractivity contribution in [2.75, 3.05) is 13.1 Å². The second-order valence-corrected chi connectivity index (χ2v) is 6.16. The summed E-state index contributed by atoms with van der Waals surface area (Å²) < 4.78 is 2.08. The van der Waals surface area contributed by atoms with E-state index in [2.05, 4.69) is 68.1 Å². The molecule has 1 aromatic rings. The van der Waals surface area contributed by atoms with Crippen molar-refractivity contribution in [2.45, 2.75) is 59.9 Å². The molecule has 0 amide bonds. The predicted octanol–water partition coefficient (Wildman–Crippen LogP) is 3.98. The zero-order chi connectivity index (χ0) is 15.0. The van der Waals surface area contributed by atoms with Crippen molar-refractivity contribution in [1.29, 1.82) is 0 Å². The van der Waals surface area contributed by atoms with Gasteiger partial charge in [0.25, 0.3) is 0 Å². The highest BCUT2D eigenvalue weighted by Gasteiger charge is 2.04. The SMILES string of the molecule is CCC(C)n1ccc(CC(C)=CCCNCC(C)C)n1. The van der Waals surface area contributed by atoms with Crippen LogP contribution in [-0.2, 0) is 6.42 Å². The van der Waals surface area contributed by atoms with E-state index >= 15 is 0 Å². The number of aromatic nitrogens is 2. The van der Waals surface area contributed by atoms with E-state index in [0.29, 0.717) is 6.04 Å². The maximum absolute atomic E-state index is 4.65. The highest BCUT2D eigenvalue weighted by Crippen LogP contribution is 2.11. The molecule has 1 unspecified atom stereocenters. The summed E-state index contributed by atoms with van der Waals surface area (Å²) in [6, 6.07) is 2.63. The zero-order valence-electron chi connectivity index (χ0n) is 13.8. The fraction of sp³-hybridized carbons (Fsp3) is 0.706. The molecule has 3 heteroatoms. The van der Waals surface area contributed by atoms with Gasteiger partial charge in [0.05, 0.1) is 5.69 Å². The Balaban J connectivity index is 2.34. The monoisotopic (exact) mass is 277 g/mol. The molecule has 0 saturated carbocycles. The molecule has 1 N–H and O–H groups in total. The van der Waals surface area contributed by atoms with Gasteiger partial charge >= 0.3 is 0 Å². The highest BCUT2D eigenvalue weighted by molar-refractivity contribution is 5.12. The van der Waals surface area contributed by atoms with Crippen LogP contribution in [0.4, 0.5) is 0 Å². The first kappa shape index (κ1) is 17.0. The molecule has 3 nitrogen and oxygen atoms in total. The standard InChI is InChI=1S/C17H31N3/c1-6-16(5)20-11-9-17(19-20)12-15(4)8-7-10-18-13-14(2)3/h8-9,11,14,16,18H,6-7,10,12-13H2,1-5H3. The average molecular weight is 277 g/mol. The van der Waals surface area contributed by atoms with E-state index in [1.165, 1.54) is 11.3 Å². The molecule has 0 spiro atoms. The summed E-state index contributed by atoms with van der Waals surface area (Å²) in [5.41, 5.74) is 2.58. The Hall–Kier alpha value is -1.09. The number of nitrogens with zero attached hydrogens (tertiary/aromatic N) is 2. The van der Waals surface area contributed by atoms with Crippen molar-refractivity contribution in [2.24, 2.45) is 5.92 Å². The number of nitrogens with one attached hydrogen (secondary N) is 1. The molecule has 1 heterocycles. The summed E-state index contributed by atoms with van der Waals surface area (Å²) >= 11 is 0. The molecule has 20 heavy (non-hydrogen) atoms. The lowest BCUT2D eigenvalue weighted by Crippen LogP contribution is -2.20. The third kappa shape index (κ3) is 6.38. The second kappa shape index (κ2) is 8.96. The summed E-state index contributed by atoms with van der Waals surface area (Å²) in [6.45, 7) is 13.2. The van der Waals surface area contributed by atoms with Crippen LogP contribution >= 0.6 is 0 Å². The van der Waals surface area contributed by atoms with Gasteiger partial charge in [-0.15, -0.1) is 0 Å². The van der Waals surface area contributed by atoms with Crippen LogP contribution in [0.15, 0.2) is 23.9 Å². The Kier molecular flexibility index (Phi) is 7.60. The lowest BCUT2D eigenvalue weighted by atomic mass is 10.1. The van der Waals surface area contributed by atoms with Crippen LogP contribution in [0.1, 0.15) is 59.2 Å². The Morgan fingerprint density at radius 2 is 2.15 bits per heavy atom. The van der Waals surface area contributed by atoms with Crippen molar-refractivity contribution in [3.05, 3.63) is 29.6 Å². The molecule has 0 saturated heterocycles. The quantitative estimate of drug-likeness (QED) is 0.546. The van der Waals surface area contributed by atoms with Crippen molar-refractivity contribution < 1.29 is 0 Å². The highest BCUT2D eigenvalue weighted by atomic mass is 15.3. The number of rotatable bonds is 9. The summed E-state index contributed by atoms with van der Waals surface area (Å²) in [5, 5.41) is 8.12. The van der Waals surface area contributed by atoms with Gasteiger partial charge in [-0.2, -0.15) is 5.10 Å². The van der Waals surface area contributed by atoms with Crippen LogP contribution in [-0.4, -0.2) is 22.9 Å². The first-order valence-electron chi connectivity index (χ1n) is 7.93. The minimum atomic E-state index is 0.494. The van der Waals surface area contributed by atoms with Gasteiger partial charge in [0.1, 0.15) is 0 Å². The van der Waals surface area contributed by atoms with Crippen LogP contribution < -0.4 is 5.32 Å². The van der Waals surface area contributed by atoms with Crippen LogP contribution in [0.3, 0.4) is 0 Å². The van der Waals surface area contributed by atoms with Crippen LogP contribution in [0.5, 0.6) is 0 Å². The van der Waals surface area contributed by atoms with Gasteiger partial charge in [-0.1, -0.05) is 32.4 Å². The molecular formula is C17H31N3. The Morgan fingerprint density at radius 1 is 1.40 bits per heavy atom. The second-order valence-electron chi connectivity index (χ2n) is 6.16. The van der Waals surface area contributed by atoms with Crippen molar-refractivity contribution in [1.82, 2.24) is 15.1 Å². The smallest absolute Gasteiger partial charge is 0.0664 e. The van der Waals surface area contributed by atoms with Gasteiger partial charge in [0.15, 0.2) is 0 Å². The topological polar surface area (TPSA) is 29.9 Å². The van der Waals surface area contributed by atoms with E-state index in [0.717, 1.165) is 38.3 Å². The molecule has 0 aliphatic carbocycles. The molecule has 1 atom stereocenters. The maximum atomic E-state index is 4.65. The Labute approximate surface area is 124 Å². The molecular weight excluding hydrogens is 246 g/mol. The van der Waals surface area contributed by atoms with E-state index in [9.17, 15) is 0 Å². The normalized spacial score (nSPS) is 14.0. The number of hydrogen-bond acceptors (Lipinski definition) is 2. The third-order valence-electron chi connectivity index (χ3n) is 3.53. The van der Waals surface area contributed by atoms with E-state index in [1.807, 2.05) is 0 Å². The van der Waals surface area contributed by atoms with E-state index in [-0.39, 0.29) is 0 Å². The fourth-order valence-corrected chi connectivity index (χ4v) is 2.07. The van der Waals surface area contributed by atoms with Crippen molar-refractivity contribution in [3.8, 4) is 0 Å². The van der Waals surface area contributed by atoms with Gasteiger partial charge in [-0.25, -0.2) is 0 Å². The van der Waals surface area contributed by atoms with Crippen LogP contribution in [0.25, 0.3) is 0 Å². The van der Waals surface area contributed by atoms with Gasteiger partial charge in [0, 0.05) is 18.7 Å². The summed E-state index contributed by atoms with van der Waals surface area (Å²) in [4.78, 5) is 0. The zero-order valence-corrected chi connectivity index (χ0v) is 13.8. The largest absolute Gasteiger partial charge is 0.316 e. The average Bonchev–Trinajstić information content (AvgIpc) is 2.85. The maximum Gasteiger partial charge on any atom is 0.0664 e. The Bertz CT molecular complexity index is 404. The number of allylic oxidation sites excluding steroid dienone is 1. The van der Waals surface area contributed by atoms with Crippen molar-refractivity contribution >= 4 is 0 Å². The van der Waals surface area contributed by atoms with Gasteiger partial charge < -0.3 is 5.32 Å². The molecule has 0 aromatic carbocycles. The van der Waals surface area contributed by atoms with E-state index in [1.54, 1.807) is 0 Å². The van der Waals surface area contributed by atoms with E-state index < -0.39 is 0 Å². The molecule has 0 aliphatic rings. The van der Waals surface area contributed by atoms with Crippen molar-refractivity contribution in [3.63, 3.8) is 0 Å². The molecule has 0 aliphatic heterocycles. The number of hydrogen-bond donors (Lipinski definition) is 1.